The molecule has 1 aliphatic rings. The van der Waals surface area contributed by atoms with Gasteiger partial charge in [0.25, 0.3) is 5.91 Å². The van der Waals surface area contributed by atoms with Crippen molar-refractivity contribution >= 4 is 53.1 Å². The molecule has 1 heterocycles. The maximum atomic E-state index is 13.1. The third kappa shape index (κ3) is 6.39. The zero-order chi connectivity index (χ0) is 29.6. The molecule has 1 aliphatic heterocycles. The number of benzene rings is 2. The molecule has 1 fully saturated rings. The van der Waals surface area contributed by atoms with E-state index in [4.69, 9.17) is 11.6 Å². The summed E-state index contributed by atoms with van der Waals surface area (Å²) in [7, 11) is -11.8. The van der Waals surface area contributed by atoms with Crippen molar-refractivity contribution in [2.75, 3.05) is 37.8 Å². The molecule has 0 aromatic heterocycles. The van der Waals surface area contributed by atoms with E-state index in [0.717, 1.165) is 57.3 Å². The molecule has 2 aromatic rings. The standard InChI is InChI=1S/C21H23ClF3N3O8S3/c1-20(30,21(23,24)25)19(29)26-18-8-7-16(13-17(18)22)39(35,36)28-11-9-27(10-12-28)38(33,34)15-5-3-14(4-6-15)37(2,31)32/h3-8,13,30H,9-12H2,1-2H3,(H,26,29)/t20-/m1/s1. The minimum Gasteiger partial charge on any atom is -0.373 e. The van der Waals surface area contributed by atoms with Crippen LogP contribution >= 0.6 is 11.6 Å². The smallest absolute Gasteiger partial charge is 0.373 e. The number of nitrogens with one attached hydrogen (secondary N) is 1. The predicted molar refractivity (Wildman–Crippen MR) is 134 cm³/mol. The number of carbonyl (C=O) groups excluding carboxylic acids is 1. The summed E-state index contributed by atoms with van der Waals surface area (Å²) in [6, 6.07) is 7.45. The van der Waals surface area contributed by atoms with Crippen LogP contribution in [0.15, 0.2) is 57.2 Å². The molecule has 39 heavy (non-hydrogen) atoms. The Morgan fingerprint density at radius 2 is 1.26 bits per heavy atom. The fraction of sp³-hybridized carbons (Fsp3) is 0.381. The van der Waals surface area contributed by atoms with Crippen molar-refractivity contribution in [1.82, 2.24) is 8.61 Å². The fourth-order valence-electron chi connectivity index (χ4n) is 3.44. The molecule has 2 aromatic carbocycles. The van der Waals surface area contributed by atoms with E-state index in [1.54, 1.807) is 0 Å². The number of anilines is 1. The second-order valence-electron chi connectivity index (χ2n) is 8.72. The number of halogens is 4. The normalized spacial score (nSPS) is 17.9. The molecular formula is C21H23ClF3N3O8S3. The van der Waals surface area contributed by atoms with E-state index in [0.29, 0.717) is 0 Å². The van der Waals surface area contributed by atoms with Crippen LogP contribution in [0.4, 0.5) is 18.9 Å². The first-order valence-corrected chi connectivity index (χ1v) is 16.0. The summed E-state index contributed by atoms with van der Waals surface area (Å²) >= 11 is 5.99. The molecule has 2 N–H and O–H groups in total. The number of rotatable bonds is 7. The number of sulfonamides is 2. The van der Waals surface area contributed by atoms with Gasteiger partial charge in [0.15, 0.2) is 9.84 Å². The number of sulfone groups is 1. The molecule has 0 aliphatic carbocycles. The first-order chi connectivity index (χ1) is 17.7. The SMILES string of the molecule is C[C@@](O)(C(=O)Nc1ccc(S(=O)(=O)N2CCN(S(=O)(=O)c3ccc(S(C)(=O)=O)cc3)CC2)cc1Cl)C(F)(F)F. The fourth-order valence-corrected chi connectivity index (χ4v) is 7.23. The Morgan fingerprint density at radius 3 is 1.67 bits per heavy atom. The molecule has 0 spiro atoms. The van der Waals surface area contributed by atoms with E-state index in [9.17, 15) is 48.3 Å². The Kier molecular flexibility index (Phi) is 8.50. The molecule has 11 nitrogen and oxygen atoms in total. The van der Waals surface area contributed by atoms with Crippen molar-refractivity contribution in [2.24, 2.45) is 0 Å². The summed E-state index contributed by atoms with van der Waals surface area (Å²) in [5, 5.41) is 10.9. The lowest BCUT2D eigenvalue weighted by molar-refractivity contribution is -0.242. The van der Waals surface area contributed by atoms with Crippen LogP contribution in [-0.4, -0.2) is 89.1 Å². The average Bonchev–Trinajstić information content (AvgIpc) is 2.84. The van der Waals surface area contributed by atoms with E-state index >= 15 is 0 Å². The van der Waals surface area contributed by atoms with E-state index in [-0.39, 0.29) is 53.5 Å². The minimum absolute atomic E-state index is 0.0626. The van der Waals surface area contributed by atoms with Crippen molar-refractivity contribution in [3.8, 4) is 0 Å². The maximum Gasteiger partial charge on any atom is 0.426 e. The molecular weight excluding hydrogens is 611 g/mol. The first-order valence-electron chi connectivity index (χ1n) is 10.9. The Hall–Kier alpha value is -2.28. The van der Waals surface area contributed by atoms with Gasteiger partial charge < -0.3 is 10.4 Å². The summed E-state index contributed by atoms with van der Waals surface area (Å²) in [5.41, 5.74) is -4.10. The van der Waals surface area contributed by atoms with Crippen LogP contribution in [-0.2, 0) is 34.7 Å². The first kappa shape index (κ1) is 31.3. The number of hydrogen-bond acceptors (Lipinski definition) is 8. The molecule has 0 unspecified atom stereocenters. The number of nitrogens with zero attached hydrogens (tertiary/aromatic N) is 2. The molecule has 0 saturated carbocycles. The Labute approximate surface area is 228 Å². The molecule has 3 rings (SSSR count). The van der Waals surface area contributed by atoms with Crippen molar-refractivity contribution in [1.29, 1.82) is 0 Å². The lowest BCUT2D eigenvalue weighted by atomic mass is 10.1. The summed E-state index contributed by atoms with van der Waals surface area (Å²) in [5.74, 6) is -1.82. The van der Waals surface area contributed by atoms with Crippen LogP contribution in [0.2, 0.25) is 5.02 Å². The Bertz CT molecular complexity index is 1590. The molecule has 0 radical (unpaired) electrons. The highest BCUT2D eigenvalue weighted by Gasteiger charge is 2.55. The molecule has 18 heteroatoms. The highest BCUT2D eigenvalue weighted by Crippen LogP contribution is 2.33. The van der Waals surface area contributed by atoms with Crippen LogP contribution in [0.3, 0.4) is 0 Å². The lowest BCUT2D eigenvalue weighted by Crippen LogP contribution is -2.52. The second kappa shape index (κ2) is 10.6. The quantitative estimate of drug-likeness (QED) is 0.466. The number of amides is 1. The van der Waals surface area contributed by atoms with Crippen molar-refractivity contribution in [2.45, 2.75) is 33.4 Å². The summed E-state index contributed by atoms with van der Waals surface area (Å²) in [6.07, 6.45) is -4.30. The van der Waals surface area contributed by atoms with Crippen LogP contribution < -0.4 is 5.32 Å². The average molecular weight is 634 g/mol. The topological polar surface area (TPSA) is 158 Å². The molecule has 1 atom stereocenters. The molecule has 0 bridgehead atoms. The van der Waals surface area contributed by atoms with E-state index in [2.05, 4.69) is 0 Å². The van der Waals surface area contributed by atoms with Gasteiger partial charge in [-0.25, -0.2) is 25.3 Å². The van der Waals surface area contributed by atoms with Gasteiger partial charge in [-0.1, -0.05) is 11.6 Å². The highest BCUT2D eigenvalue weighted by molar-refractivity contribution is 7.91. The van der Waals surface area contributed by atoms with Gasteiger partial charge in [-0.05, 0) is 49.4 Å². The van der Waals surface area contributed by atoms with Gasteiger partial charge in [-0.3, -0.25) is 4.79 Å². The van der Waals surface area contributed by atoms with E-state index < -0.39 is 52.6 Å². The minimum atomic E-state index is -5.28. The zero-order valence-corrected chi connectivity index (χ0v) is 23.5. The lowest BCUT2D eigenvalue weighted by Gasteiger charge is -2.33. The number of hydrogen-bond donors (Lipinski definition) is 2. The van der Waals surface area contributed by atoms with Crippen LogP contribution in [0, 0.1) is 0 Å². The van der Waals surface area contributed by atoms with Gasteiger partial charge >= 0.3 is 6.18 Å². The van der Waals surface area contributed by atoms with Crippen molar-refractivity contribution < 1.29 is 48.3 Å². The van der Waals surface area contributed by atoms with Gasteiger partial charge in [-0.2, -0.15) is 21.8 Å². The number of piperazine rings is 1. The molecule has 1 amide bonds. The largest absolute Gasteiger partial charge is 0.426 e. The molecule has 216 valence electrons. The summed E-state index contributed by atoms with van der Waals surface area (Å²) in [4.78, 5) is 11.3. The van der Waals surface area contributed by atoms with E-state index in [1.165, 1.54) is 0 Å². The monoisotopic (exact) mass is 633 g/mol. The molecule has 1 saturated heterocycles. The van der Waals surface area contributed by atoms with Gasteiger partial charge in [-0.15, -0.1) is 0 Å². The predicted octanol–water partition coefficient (Wildman–Crippen LogP) is 1.69. The number of carbonyl (C=O) groups is 1. The third-order valence-electron chi connectivity index (χ3n) is 5.91. The number of alkyl halides is 3. The van der Waals surface area contributed by atoms with Crippen LogP contribution in [0.1, 0.15) is 6.92 Å². The Morgan fingerprint density at radius 1 is 0.846 bits per heavy atom. The zero-order valence-electron chi connectivity index (χ0n) is 20.3. The van der Waals surface area contributed by atoms with Crippen molar-refractivity contribution in [3.63, 3.8) is 0 Å². The summed E-state index contributed by atoms with van der Waals surface area (Å²) in [6.45, 7) is -0.672. The van der Waals surface area contributed by atoms with E-state index in [1.807, 2.05) is 5.32 Å². The van der Waals surface area contributed by atoms with Gasteiger partial charge in [0.05, 0.1) is 25.4 Å². The number of aliphatic hydroxyl groups is 1. The third-order valence-corrected chi connectivity index (χ3v) is 11.2. The summed E-state index contributed by atoms with van der Waals surface area (Å²) < 4.78 is 116. The van der Waals surface area contributed by atoms with Gasteiger partial charge in [0, 0.05) is 32.4 Å². The maximum absolute atomic E-state index is 13.1. The highest BCUT2D eigenvalue weighted by atomic mass is 35.5. The van der Waals surface area contributed by atoms with Gasteiger partial charge in [0.2, 0.25) is 25.6 Å². The van der Waals surface area contributed by atoms with Crippen molar-refractivity contribution in [3.05, 3.63) is 47.5 Å². The van der Waals surface area contributed by atoms with Crippen LogP contribution in [0.25, 0.3) is 0 Å². The van der Waals surface area contributed by atoms with Crippen LogP contribution in [0.5, 0.6) is 0 Å². The second-order valence-corrected chi connectivity index (χ2v) is 15.0. The van der Waals surface area contributed by atoms with Gasteiger partial charge in [0.1, 0.15) is 0 Å². The Balaban J connectivity index is 1.73.